The predicted octanol–water partition coefficient (Wildman–Crippen LogP) is 2.84. The summed E-state index contributed by atoms with van der Waals surface area (Å²) < 4.78 is 0. The number of alkyl halides is 1. The van der Waals surface area contributed by atoms with Crippen LogP contribution in [0, 0.1) is 5.92 Å². The van der Waals surface area contributed by atoms with Gasteiger partial charge in [0.05, 0.1) is 24.0 Å². The molecular weight excluding hydrogens is 222 g/mol. The molecule has 3 nitrogen and oxygen atoms in total. The molecule has 0 amide bonds. The Morgan fingerprint density at radius 1 is 1.44 bits per heavy atom. The first kappa shape index (κ1) is 11.6. The van der Waals surface area contributed by atoms with E-state index in [1.54, 1.807) is 6.20 Å². The summed E-state index contributed by atoms with van der Waals surface area (Å²) in [5.41, 5.74) is 0.842. The molecule has 1 atom stereocenters. The van der Waals surface area contributed by atoms with Crippen LogP contribution in [0.25, 0.3) is 0 Å². The molecule has 1 fully saturated rings. The molecule has 1 aromatic rings. The number of hydrogen-bond acceptors (Lipinski definition) is 3. The molecule has 1 unspecified atom stereocenters. The van der Waals surface area contributed by atoms with Gasteiger partial charge in [-0.05, 0) is 18.8 Å². The highest BCUT2D eigenvalue weighted by Crippen LogP contribution is 2.22. The maximum absolute atomic E-state index is 5.69. The summed E-state index contributed by atoms with van der Waals surface area (Å²) in [6.07, 6.45) is 7.48. The molecule has 1 aromatic heterocycles. The van der Waals surface area contributed by atoms with Crippen LogP contribution in [0.2, 0.25) is 0 Å². The molecule has 0 radical (unpaired) electrons. The molecular formula is C12H18ClN3. The van der Waals surface area contributed by atoms with Crippen LogP contribution >= 0.6 is 11.6 Å². The van der Waals surface area contributed by atoms with Gasteiger partial charge < -0.3 is 4.90 Å². The number of nitrogens with zero attached hydrogens (tertiary/aromatic N) is 3. The van der Waals surface area contributed by atoms with Gasteiger partial charge in [-0.25, -0.2) is 4.98 Å². The topological polar surface area (TPSA) is 29.0 Å². The first-order valence-corrected chi connectivity index (χ1v) is 6.48. The van der Waals surface area contributed by atoms with Gasteiger partial charge in [0.15, 0.2) is 0 Å². The van der Waals surface area contributed by atoms with Gasteiger partial charge in [0, 0.05) is 13.1 Å². The summed E-state index contributed by atoms with van der Waals surface area (Å²) in [6.45, 7) is 4.48. The largest absolute Gasteiger partial charge is 0.355 e. The highest BCUT2D eigenvalue weighted by atomic mass is 35.5. The quantitative estimate of drug-likeness (QED) is 0.760. The van der Waals surface area contributed by atoms with Crippen molar-refractivity contribution in [2.75, 3.05) is 18.0 Å². The second-order valence-corrected chi connectivity index (χ2v) is 4.63. The maximum atomic E-state index is 5.69. The van der Waals surface area contributed by atoms with E-state index in [1.807, 2.05) is 6.20 Å². The Morgan fingerprint density at radius 3 is 2.94 bits per heavy atom. The smallest absolute Gasteiger partial charge is 0.147 e. The standard InChI is InChI=1S/C12H18ClN3/c1-2-10-4-3-5-16(9-10)12-8-14-11(6-13)7-15-12/h7-8,10H,2-6,9H2,1H3. The number of aromatic nitrogens is 2. The van der Waals surface area contributed by atoms with E-state index in [-0.39, 0.29) is 0 Å². The highest BCUT2D eigenvalue weighted by Gasteiger charge is 2.19. The van der Waals surface area contributed by atoms with Gasteiger partial charge in [-0.1, -0.05) is 13.3 Å². The Bertz CT molecular complexity index is 326. The summed E-state index contributed by atoms with van der Waals surface area (Å²) in [4.78, 5) is 11.0. The molecule has 0 aromatic carbocycles. The molecule has 2 heterocycles. The fourth-order valence-electron chi connectivity index (χ4n) is 2.19. The van der Waals surface area contributed by atoms with Crippen LogP contribution in [0.5, 0.6) is 0 Å². The van der Waals surface area contributed by atoms with Crippen molar-refractivity contribution in [3.05, 3.63) is 18.1 Å². The van der Waals surface area contributed by atoms with Gasteiger partial charge in [0.1, 0.15) is 5.82 Å². The minimum atomic E-state index is 0.435. The third-order valence-corrected chi connectivity index (χ3v) is 3.52. The molecule has 88 valence electrons. The monoisotopic (exact) mass is 239 g/mol. The van der Waals surface area contributed by atoms with E-state index in [0.717, 1.165) is 30.5 Å². The van der Waals surface area contributed by atoms with E-state index in [4.69, 9.17) is 11.6 Å². The predicted molar refractivity (Wildman–Crippen MR) is 66.8 cm³/mol. The lowest BCUT2D eigenvalue weighted by molar-refractivity contribution is 0.403. The summed E-state index contributed by atoms with van der Waals surface area (Å²) >= 11 is 5.69. The lowest BCUT2D eigenvalue weighted by Gasteiger charge is -2.32. The van der Waals surface area contributed by atoms with Crippen LogP contribution in [0.4, 0.5) is 5.82 Å². The molecule has 0 spiro atoms. The molecule has 16 heavy (non-hydrogen) atoms. The Hall–Kier alpha value is -0.830. The maximum Gasteiger partial charge on any atom is 0.147 e. The minimum absolute atomic E-state index is 0.435. The van der Waals surface area contributed by atoms with E-state index in [2.05, 4.69) is 21.8 Å². The zero-order chi connectivity index (χ0) is 11.4. The van der Waals surface area contributed by atoms with Crippen LogP contribution in [0.15, 0.2) is 12.4 Å². The number of halogens is 1. The normalized spacial score (nSPS) is 21.1. The third-order valence-electron chi connectivity index (χ3n) is 3.25. The van der Waals surface area contributed by atoms with Gasteiger partial charge >= 0.3 is 0 Å². The second kappa shape index (κ2) is 5.48. The average Bonchev–Trinajstić information content (AvgIpc) is 2.39. The van der Waals surface area contributed by atoms with Gasteiger partial charge in [0.25, 0.3) is 0 Å². The van der Waals surface area contributed by atoms with Crippen LogP contribution in [0.3, 0.4) is 0 Å². The SMILES string of the molecule is CCC1CCCN(c2cnc(CCl)cn2)C1. The van der Waals surface area contributed by atoms with E-state index in [0.29, 0.717) is 5.88 Å². The molecule has 1 aliphatic heterocycles. The van der Waals surface area contributed by atoms with Crippen molar-refractivity contribution in [2.24, 2.45) is 5.92 Å². The lowest BCUT2D eigenvalue weighted by Crippen LogP contribution is -2.35. The molecule has 2 rings (SSSR count). The van der Waals surface area contributed by atoms with Crippen molar-refractivity contribution in [2.45, 2.75) is 32.1 Å². The van der Waals surface area contributed by atoms with Crippen molar-refractivity contribution in [3.63, 3.8) is 0 Å². The van der Waals surface area contributed by atoms with E-state index >= 15 is 0 Å². The first-order valence-electron chi connectivity index (χ1n) is 5.95. The number of anilines is 1. The first-order chi connectivity index (χ1) is 7.83. The van der Waals surface area contributed by atoms with E-state index < -0.39 is 0 Å². The van der Waals surface area contributed by atoms with Gasteiger partial charge in [-0.3, -0.25) is 4.98 Å². The number of rotatable bonds is 3. The Labute approximate surface area is 102 Å². The van der Waals surface area contributed by atoms with Crippen molar-refractivity contribution in [1.29, 1.82) is 0 Å². The number of piperidine rings is 1. The average molecular weight is 240 g/mol. The summed E-state index contributed by atoms with van der Waals surface area (Å²) in [7, 11) is 0. The minimum Gasteiger partial charge on any atom is -0.355 e. The van der Waals surface area contributed by atoms with E-state index in [9.17, 15) is 0 Å². The molecule has 0 aliphatic carbocycles. The molecule has 1 saturated heterocycles. The van der Waals surface area contributed by atoms with Crippen molar-refractivity contribution >= 4 is 17.4 Å². The second-order valence-electron chi connectivity index (χ2n) is 4.36. The molecule has 4 heteroatoms. The summed E-state index contributed by atoms with van der Waals surface area (Å²) in [6, 6.07) is 0. The van der Waals surface area contributed by atoms with Gasteiger partial charge in [-0.15, -0.1) is 11.6 Å². The molecule has 0 bridgehead atoms. The summed E-state index contributed by atoms with van der Waals surface area (Å²) in [5.74, 6) is 2.24. The Morgan fingerprint density at radius 2 is 2.31 bits per heavy atom. The zero-order valence-electron chi connectivity index (χ0n) is 9.69. The lowest BCUT2D eigenvalue weighted by atomic mass is 9.96. The van der Waals surface area contributed by atoms with Gasteiger partial charge in [0.2, 0.25) is 0 Å². The summed E-state index contributed by atoms with van der Waals surface area (Å²) in [5, 5.41) is 0. The highest BCUT2D eigenvalue weighted by molar-refractivity contribution is 6.16. The van der Waals surface area contributed by atoms with Crippen molar-refractivity contribution < 1.29 is 0 Å². The van der Waals surface area contributed by atoms with Crippen molar-refractivity contribution in [3.8, 4) is 0 Å². The van der Waals surface area contributed by atoms with Crippen LogP contribution in [0.1, 0.15) is 31.9 Å². The number of hydrogen-bond donors (Lipinski definition) is 0. The van der Waals surface area contributed by atoms with Crippen LogP contribution in [-0.4, -0.2) is 23.1 Å². The molecule has 0 N–H and O–H groups in total. The van der Waals surface area contributed by atoms with Crippen LogP contribution in [-0.2, 0) is 5.88 Å². The van der Waals surface area contributed by atoms with Crippen molar-refractivity contribution in [1.82, 2.24) is 9.97 Å². The fraction of sp³-hybridized carbons (Fsp3) is 0.667. The molecule has 1 aliphatic rings. The van der Waals surface area contributed by atoms with Gasteiger partial charge in [-0.2, -0.15) is 0 Å². The fourth-order valence-corrected chi connectivity index (χ4v) is 2.32. The third kappa shape index (κ3) is 2.64. The zero-order valence-corrected chi connectivity index (χ0v) is 10.5. The molecule has 0 saturated carbocycles. The Kier molecular flexibility index (Phi) is 3.99. The van der Waals surface area contributed by atoms with Crippen LogP contribution < -0.4 is 4.90 Å². The van der Waals surface area contributed by atoms with E-state index in [1.165, 1.54) is 19.3 Å². The Balaban J connectivity index is 2.05.